The molecule has 1 aromatic heterocycles. The van der Waals surface area contributed by atoms with Crippen LogP contribution in [0.3, 0.4) is 0 Å². The van der Waals surface area contributed by atoms with Crippen molar-refractivity contribution in [1.29, 1.82) is 0 Å². The Morgan fingerprint density at radius 3 is 2.34 bits per heavy atom. The van der Waals surface area contributed by atoms with Crippen LogP contribution in [0.5, 0.6) is 0 Å². The Labute approximate surface area is 208 Å². The number of benzene rings is 2. The van der Waals surface area contributed by atoms with E-state index in [1.807, 2.05) is 16.8 Å². The summed E-state index contributed by atoms with van der Waals surface area (Å²) in [5.74, 6) is 2.22. The lowest BCUT2D eigenvalue weighted by Gasteiger charge is -2.36. The molecule has 0 radical (unpaired) electrons. The Hall–Kier alpha value is -2.77. The van der Waals surface area contributed by atoms with Gasteiger partial charge in [0.2, 0.25) is 0 Å². The molecule has 6 heteroatoms. The fourth-order valence-electron chi connectivity index (χ4n) is 4.81. The van der Waals surface area contributed by atoms with Crippen molar-refractivity contribution in [3.05, 3.63) is 84.0 Å². The summed E-state index contributed by atoms with van der Waals surface area (Å²) in [7, 11) is 0. The van der Waals surface area contributed by atoms with Gasteiger partial charge in [-0.2, -0.15) is 0 Å². The number of aliphatic hydroxyl groups excluding tert-OH is 3. The number of nitrogens with zero attached hydrogens (tertiary/aromatic N) is 2. The SMILES string of the molecule is CCc1nccn1[C@@H](/C=C/c1ccc(-c2ccc(C3CC(CNCC(O)CO)C3)cc2)cc1)CO. The van der Waals surface area contributed by atoms with Gasteiger partial charge in [0.05, 0.1) is 25.4 Å². The van der Waals surface area contributed by atoms with Gasteiger partial charge in [0.15, 0.2) is 0 Å². The molecule has 35 heavy (non-hydrogen) atoms. The normalized spacial score (nSPS) is 19.5. The molecule has 2 atom stereocenters. The number of imidazole rings is 1. The van der Waals surface area contributed by atoms with E-state index in [0.717, 1.165) is 37.2 Å². The molecule has 0 amide bonds. The number of nitrogens with one attached hydrogen (secondary N) is 1. The summed E-state index contributed by atoms with van der Waals surface area (Å²) < 4.78 is 2.02. The first-order chi connectivity index (χ1) is 17.1. The van der Waals surface area contributed by atoms with Crippen molar-refractivity contribution in [2.75, 3.05) is 26.3 Å². The van der Waals surface area contributed by atoms with Crippen molar-refractivity contribution in [2.24, 2.45) is 5.92 Å². The summed E-state index contributed by atoms with van der Waals surface area (Å²) >= 11 is 0. The third-order valence-corrected chi connectivity index (χ3v) is 7.01. The number of hydrogen-bond donors (Lipinski definition) is 4. The van der Waals surface area contributed by atoms with E-state index in [9.17, 15) is 10.2 Å². The molecule has 1 unspecified atom stereocenters. The number of hydrogen-bond acceptors (Lipinski definition) is 5. The van der Waals surface area contributed by atoms with Gasteiger partial charge < -0.3 is 25.2 Å². The molecular weight excluding hydrogens is 438 g/mol. The standard InChI is InChI=1S/C29H37N3O3/c1-2-29-31-13-14-32(29)27(19-33)12-5-21-3-6-23(7-4-21)24-8-10-25(11-9-24)26-15-22(16-26)17-30-18-28(35)20-34/h3-14,22,26-28,30,33-35H,2,15-20H2,1H3/b12-5+/t22?,26?,27-,28?/m0/s1. The summed E-state index contributed by atoms with van der Waals surface area (Å²) in [6.45, 7) is 3.26. The Morgan fingerprint density at radius 1 is 1.03 bits per heavy atom. The maximum Gasteiger partial charge on any atom is 0.108 e. The largest absolute Gasteiger partial charge is 0.394 e. The molecule has 6 nitrogen and oxygen atoms in total. The molecule has 0 bridgehead atoms. The van der Waals surface area contributed by atoms with Crippen molar-refractivity contribution in [3.8, 4) is 11.1 Å². The first-order valence-electron chi connectivity index (χ1n) is 12.6. The third kappa shape index (κ3) is 6.47. The maximum atomic E-state index is 9.83. The summed E-state index contributed by atoms with van der Waals surface area (Å²) in [5, 5.41) is 31.4. The van der Waals surface area contributed by atoms with Gasteiger partial charge in [0.25, 0.3) is 0 Å². The highest BCUT2D eigenvalue weighted by Crippen LogP contribution is 2.41. The Morgan fingerprint density at radius 2 is 1.71 bits per heavy atom. The molecule has 4 N–H and O–H groups in total. The van der Waals surface area contributed by atoms with Crippen molar-refractivity contribution in [1.82, 2.24) is 14.9 Å². The zero-order chi connectivity index (χ0) is 24.6. The first-order valence-corrected chi connectivity index (χ1v) is 12.6. The van der Waals surface area contributed by atoms with Crippen LogP contribution >= 0.6 is 0 Å². The molecule has 1 aliphatic rings. The first kappa shape index (κ1) is 25.3. The lowest BCUT2D eigenvalue weighted by molar-refractivity contribution is 0.0917. The molecule has 1 heterocycles. The predicted octanol–water partition coefficient (Wildman–Crippen LogP) is 3.80. The van der Waals surface area contributed by atoms with Crippen molar-refractivity contribution < 1.29 is 15.3 Å². The highest BCUT2D eigenvalue weighted by Gasteiger charge is 2.29. The molecule has 186 valence electrons. The highest BCUT2D eigenvalue weighted by molar-refractivity contribution is 5.66. The molecular formula is C29H37N3O3. The molecule has 0 spiro atoms. The number of aromatic nitrogens is 2. The average Bonchev–Trinajstić information content (AvgIpc) is 3.35. The van der Waals surface area contributed by atoms with Crippen molar-refractivity contribution >= 4 is 6.08 Å². The van der Waals surface area contributed by atoms with Crippen LogP contribution in [-0.2, 0) is 6.42 Å². The van der Waals surface area contributed by atoms with Gasteiger partial charge in [-0.1, -0.05) is 67.6 Å². The van der Waals surface area contributed by atoms with Crippen LogP contribution in [0, 0.1) is 5.92 Å². The van der Waals surface area contributed by atoms with E-state index < -0.39 is 6.10 Å². The quantitative estimate of drug-likeness (QED) is 0.320. The van der Waals surface area contributed by atoms with E-state index in [1.165, 1.54) is 16.7 Å². The zero-order valence-corrected chi connectivity index (χ0v) is 20.4. The van der Waals surface area contributed by atoms with Gasteiger partial charge in [-0.25, -0.2) is 4.98 Å². The molecule has 1 saturated carbocycles. The van der Waals surface area contributed by atoms with Crippen LogP contribution in [0.2, 0.25) is 0 Å². The molecule has 1 fully saturated rings. The Bertz CT molecular complexity index is 1070. The summed E-state index contributed by atoms with van der Waals surface area (Å²) in [4.78, 5) is 4.35. The van der Waals surface area contributed by atoms with Gasteiger partial charge in [-0.15, -0.1) is 0 Å². The van der Waals surface area contributed by atoms with E-state index in [0.29, 0.717) is 18.4 Å². The van der Waals surface area contributed by atoms with E-state index in [4.69, 9.17) is 5.11 Å². The maximum absolute atomic E-state index is 9.83. The predicted molar refractivity (Wildman–Crippen MR) is 140 cm³/mol. The lowest BCUT2D eigenvalue weighted by Crippen LogP contribution is -2.36. The van der Waals surface area contributed by atoms with Gasteiger partial charge in [0.1, 0.15) is 5.82 Å². The van der Waals surface area contributed by atoms with E-state index >= 15 is 0 Å². The zero-order valence-electron chi connectivity index (χ0n) is 20.4. The second kappa shape index (κ2) is 12.3. The van der Waals surface area contributed by atoms with Gasteiger partial charge in [-0.05, 0) is 53.5 Å². The van der Waals surface area contributed by atoms with Gasteiger partial charge in [0, 0.05) is 25.4 Å². The number of aryl methyl sites for hydroxylation is 1. The second-order valence-corrected chi connectivity index (χ2v) is 9.49. The van der Waals surface area contributed by atoms with E-state index in [1.54, 1.807) is 6.20 Å². The minimum Gasteiger partial charge on any atom is -0.394 e. The van der Waals surface area contributed by atoms with Crippen LogP contribution in [-0.4, -0.2) is 57.3 Å². The van der Waals surface area contributed by atoms with Gasteiger partial charge >= 0.3 is 0 Å². The Balaban J connectivity index is 1.30. The minimum absolute atomic E-state index is 0.0371. The van der Waals surface area contributed by atoms with Crippen molar-refractivity contribution in [3.63, 3.8) is 0 Å². The Kier molecular flexibility index (Phi) is 8.88. The van der Waals surface area contributed by atoms with Crippen LogP contribution in [0.1, 0.15) is 48.7 Å². The second-order valence-electron chi connectivity index (χ2n) is 9.49. The fourth-order valence-corrected chi connectivity index (χ4v) is 4.81. The van der Waals surface area contributed by atoms with Crippen LogP contribution in [0.4, 0.5) is 0 Å². The number of aliphatic hydroxyl groups is 3. The van der Waals surface area contributed by atoms with Crippen LogP contribution in [0.15, 0.2) is 67.0 Å². The third-order valence-electron chi connectivity index (χ3n) is 7.01. The van der Waals surface area contributed by atoms with E-state index in [-0.39, 0.29) is 19.3 Å². The summed E-state index contributed by atoms with van der Waals surface area (Å²) in [6, 6.07) is 17.3. The smallest absolute Gasteiger partial charge is 0.108 e. The lowest BCUT2D eigenvalue weighted by atomic mass is 9.71. The summed E-state index contributed by atoms with van der Waals surface area (Å²) in [6.07, 6.45) is 10.3. The summed E-state index contributed by atoms with van der Waals surface area (Å²) in [5.41, 5.74) is 4.89. The number of rotatable bonds is 12. The monoisotopic (exact) mass is 475 g/mol. The molecule has 2 aromatic carbocycles. The highest BCUT2D eigenvalue weighted by atomic mass is 16.3. The minimum atomic E-state index is -0.669. The average molecular weight is 476 g/mol. The van der Waals surface area contributed by atoms with Crippen LogP contribution < -0.4 is 5.32 Å². The topological polar surface area (TPSA) is 90.5 Å². The molecule has 1 aliphatic carbocycles. The molecule has 0 saturated heterocycles. The molecule has 4 rings (SSSR count). The molecule has 0 aliphatic heterocycles. The van der Waals surface area contributed by atoms with Gasteiger partial charge in [-0.3, -0.25) is 0 Å². The van der Waals surface area contributed by atoms with E-state index in [2.05, 4.69) is 71.8 Å². The van der Waals surface area contributed by atoms with Crippen LogP contribution in [0.25, 0.3) is 17.2 Å². The fraction of sp³-hybridized carbons (Fsp3) is 0.414. The molecule has 3 aromatic rings. The van der Waals surface area contributed by atoms with Crippen molar-refractivity contribution in [2.45, 2.75) is 44.2 Å².